The summed E-state index contributed by atoms with van der Waals surface area (Å²) in [6, 6.07) is 0. The molecule has 0 bridgehead atoms. The molecule has 11 heavy (non-hydrogen) atoms. The fourth-order valence-corrected chi connectivity index (χ4v) is 1.08. The number of nitrogen functional groups attached to an aromatic ring is 1. The second-order valence-corrected chi connectivity index (χ2v) is 2.48. The molecule has 0 atom stereocenters. The smallest absolute Gasteiger partial charge is 0.221 e. The maximum Gasteiger partial charge on any atom is 0.221 e. The van der Waals surface area contributed by atoms with Gasteiger partial charge in [0.1, 0.15) is 5.82 Å². The van der Waals surface area contributed by atoms with Crippen molar-refractivity contribution in [1.82, 2.24) is 14.8 Å². The van der Waals surface area contributed by atoms with Gasteiger partial charge in [0.25, 0.3) is 0 Å². The molecule has 4 nitrogen and oxygen atoms in total. The molecule has 1 rings (SSSR count). The average Bonchev–Trinajstić information content (AvgIpc) is 2.34. The lowest BCUT2D eigenvalue weighted by atomic mass is 10.4. The molecule has 0 radical (unpaired) electrons. The zero-order chi connectivity index (χ0) is 8.27. The van der Waals surface area contributed by atoms with Crippen LogP contribution in [-0.2, 0) is 13.0 Å². The Bertz CT molecular complexity index is 228. The van der Waals surface area contributed by atoms with Crippen LogP contribution in [0.15, 0.2) is 0 Å². The summed E-state index contributed by atoms with van der Waals surface area (Å²) >= 11 is 0. The van der Waals surface area contributed by atoms with Crippen molar-refractivity contribution in [2.75, 3.05) is 5.73 Å². The first-order valence-corrected chi connectivity index (χ1v) is 3.97. The standard InChI is InChI=1S/C7H14N4/c1-3-5-11-6(4-2)9-10-7(11)8/h3-5H2,1-2H3,(H2,8,10). The molecule has 0 saturated heterocycles. The fraction of sp³-hybridized carbons (Fsp3) is 0.714. The zero-order valence-corrected chi connectivity index (χ0v) is 7.04. The molecule has 62 valence electrons. The first-order valence-electron chi connectivity index (χ1n) is 3.97. The Kier molecular flexibility index (Phi) is 2.46. The molecule has 0 aliphatic rings. The van der Waals surface area contributed by atoms with E-state index in [1.54, 1.807) is 0 Å². The summed E-state index contributed by atoms with van der Waals surface area (Å²) in [4.78, 5) is 0. The first-order chi connectivity index (χ1) is 5.29. The van der Waals surface area contributed by atoms with Gasteiger partial charge in [0, 0.05) is 13.0 Å². The summed E-state index contributed by atoms with van der Waals surface area (Å²) in [6.07, 6.45) is 1.96. The van der Waals surface area contributed by atoms with Crippen molar-refractivity contribution in [1.29, 1.82) is 0 Å². The molecule has 1 aromatic rings. The molecule has 0 aliphatic carbocycles. The van der Waals surface area contributed by atoms with E-state index in [2.05, 4.69) is 24.0 Å². The summed E-state index contributed by atoms with van der Waals surface area (Å²) in [7, 11) is 0. The topological polar surface area (TPSA) is 56.7 Å². The van der Waals surface area contributed by atoms with Gasteiger partial charge in [-0.2, -0.15) is 0 Å². The molecular formula is C7H14N4. The fourth-order valence-electron chi connectivity index (χ4n) is 1.08. The normalized spacial score (nSPS) is 10.4. The molecular weight excluding hydrogens is 140 g/mol. The lowest BCUT2D eigenvalue weighted by Gasteiger charge is -2.03. The summed E-state index contributed by atoms with van der Waals surface area (Å²) in [5, 5.41) is 7.74. The predicted molar refractivity (Wildman–Crippen MR) is 44.1 cm³/mol. The van der Waals surface area contributed by atoms with Crippen LogP contribution in [0.25, 0.3) is 0 Å². The third-order valence-electron chi connectivity index (χ3n) is 1.62. The van der Waals surface area contributed by atoms with Gasteiger partial charge >= 0.3 is 0 Å². The molecule has 0 spiro atoms. The van der Waals surface area contributed by atoms with Gasteiger partial charge in [-0.15, -0.1) is 10.2 Å². The molecule has 0 fully saturated rings. The quantitative estimate of drug-likeness (QED) is 0.701. The Morgan fingerprint density at radius 3 is 2.64 bits per heavy atom. The summed E-state index contributed by atoms with van der Waals surface area (Å²) in [6.45, 7) is 5.08. The lowest BCUT2D eigenvalue weighted by molar-refractivity contribution is 0.650. The molecule has 2 N–H and O–H groups in total. The molecule has 0 saturated carbocycles. The molecule has 0 unspecified atom stereocenters. The molecule has 0 aromatic carbocycles. The van der Waals surface area contributed by atoms with Crippen molar-refractivity contribution in [2.45, 2.75) is 33.2 Å². The maximum absolute atomic E-state index is 5.59. The van der Waals surface area contributed by atoms with E-state index in [-0.39, 0.29) is 0 Å². The van der Waals surface area contributed by atoms with Gasteiger partial charge in [0.15, 0.2) is 0 Å². The molecule has 1 heterocycles. The van der Waals surface area contributed by atoms with Crippen LogP contribution in [0.2, 0.25) is 0 Å². The van der Waals surface area contributed by atoms with Crippen LogP contribution in [0, 0.1) is 0 Å². The predicted octanol–water partition coefficient (Wildman–Crippen LogP) is 0.833. The number of rotatable bonds is 3. The highest BCUT2D eigenvalue weighted by Gasteiger charge is 2.04. The molecule has 4 heteroatoms. The van der Waals surface area contributed by atoms with Gasteiger partial charge in [-0.05, 0) is 6.42 Å². The second-order valence-electron chi connectivity index (χ2n) is 2.48. The summed E-state index contributed by atoms with van der Waals surface area (Å²) < 4.78 is 1.96. The molecule has 0 aliphatic heterocycles. The number of hydrogen-bond acceptors (Lipinski definition) is 3. The van der Waals surface area contributed by atoms with Crippen molar-refractivity contribution in [3.8, 4) is 0 Å². The van der Waals surface area contributed by atoms with Gasteiger partial charge in [0.2, 0.25) is 5.95 Å². The Hall–Kier alpha value is -1.06. The van der Waals surface area contributed by atoms with Crippen molar-refractivity contribution in [3.63, 3.8) is 0 Å². The lowest BCUT2D eigenvalue weighted by Crippen LogP contribution is -2.06. The minimum Gasteiger partial charge on any atom is -0.368 e. The van der Waals surface area contributed by atoms with E-state index >= 15 is 0 Å². The third-order valence-corrected chi connectivity index (χ3v) is 1.62. The Labute approximate surface area is 66.4 Å². The number of aromatic nitrogens is 3. The van der Waals surface area contributed by atoms with E-state index in [9.17, 15) is 0 Å². The van der Waals surface area contributed by atoms with E-state index in [0.29, 0.717) is 5.95 Å². The van der Waals surface area contributed by atoms with Crippen molar-refractivity contribution in [3.05, 3.63) is 5.82 Å². The highest BCUT2D eigenvalue weighted by atomic mass is 15.3. The van der Waals surface area contributed by atoms with Crippen LogP contribution in [0.3, 0.4) is 0 Å². The Morgan fingerprint density at radius 1 is 1.36 bits per heavy atom. The number of nitrogens with two attached hydrogens (primary N) is 1. The van der Waals surface area contributed by atoms with Crippen LogP contribution >= 0.6 is 0 Å². The van der Waals surface area contributed by atoms with Crippen LogP contribution in [0.5, 0.6) is 0 Å². The van der Waals surface area contributed by atoms with Crippen LogP contribution in [0.4, 0.5) is 5.95 Å². The number of anilines is 1. The van der Waals surface area contributed by atoms with E-state index < -0.39 is 0 Å². The summed E-state index contributed by atoms with van der Waals surface area (Å²) in [5.41, 5.74) is 5.59. The van der Waals surface area contributed by atoms with Crippen LogP contribution in [0.1, 0.15) is 26.1 Å². The number of nitrogens with zero attached hydrogens (tertiary/aromatic N) is 3. The van der Waals surface area contributed by atoms with Crippen LogP contribution < -0.4 is 5.73 Å². The Balaban J connectivity index is 2.88. The highest BCUT2D eigenvalue weighted by molar-refractivity contribution is 5.16. The van der Waals surface area contributed by atoms with Gasteiger partial charge in [-0.1, -0.05) is 13.8 Å². The second kappa shape index (κ2) is 3.37. The third kappa shape index (κ3) is 1.50. The van der Waals surface area contributed by atoms with E-state index in [1.165, 1.54) is 0 Å². The van der Waals surface area contributed by atoms with E-state index in [0.717, 1.165) is 25.2 Å². The van der Waals surface area contributed by atoms with Crippen molar-refractivity contribution < 1.29 is 0 Å². The SMILES string of the molecule is CCCn1c(N)nnc1CC. The zero-order valence-electron chi connectivity index (χ0n) is 7.04. The first kappa shape index (κ1) is 8.04. The minimum absolute atomic E-state index is 0.531. The summed E-state index contributed by atoms with van der Waals surface area (Å²) in [5.74, 6) is 1.51. The largest absolute Gasteiger partial charge is 0.368 e. The maximum atomic E-state index is 5.59. The average molecular weight is 154 g/mol. The minimum atomic E-state index is 0.531. The van der Waals surface area contributed by atoms with Crippen LogP contribution in [-0.4, -0.2) is 14.8 Å². The van der Waals surface area contributed by atoms with Gasteiger partial charge in [-0.25, -0.2) is 0 Å². The van der Waals surface area contributed by atoms with Crippen molar-refractivity contribution >= 4 is 5.95 Å². The number of hydrogen-bond donors (Lipinski definition) is 1. The highest BCUT2D eigenvalue weighted by Crippen LogP contribution is 2.04. The van der Waals surface area contributed by atoms with E-state index in [4.69, 9.17) is 5.73 Å². The van der Waals surface area contributed by atoms with Gasteiger partial charge in [-0.3, -0.25) is 4.57 Å². The van der Waals surface area contributed by atoms with Crippen molar-refractivity contribution in [2.24, 2.45) is 0 Å². The Morgan fingerprint density at radius 2 is 2.09 bits per heavy atom. The van der Waals surface area contributed by atoms with Gasteiger partial charge in [0.05, 0.1) is 0 Å². The molecule has 1 aromatic heterocycles. The number of aryl methyl sites for hydroxylation is 1. The molecule has 0 amide bonds. The monoisotopic (exact) mass is 154 g/mol. The van der Waals surface area contributed by atoms with E-state index in [1.807, 2.05) is 4.57 Å². The van der Waals surface area contributed by atoms with Gasteiger partial charge < -0.3 is 5.73 Å².